The number of carbonyl (C=O) groups excluding carboxylic acids is 1. The molecule has 3 nitrogen and oxygen atoms in total. The maximum absolute atomic E-state index is 11.3. The SMILES string of the molecule is CCC(=O)NC12CCC(N)(CC1)C2. The van der Waals surface area contributed by atoms with Gasteiger partial charge in [-0.05, 0) is 32.1 Å². The van der Waals surface area contributed by atoms with Crippen LogP contribution in [0.5, 0.6) is 0 Å². The van der Waals surface area contributed by atoms with Gasteiger partial charge in [0.05, 0.1) is 0 Å². The highest BCUT2D eigenvalue weighted by atomic mass is 16.1. The average Bonchev–Trinajstić information content (AvgIpc) is 2.57. The summed E-state index contributed by atoms with van der Waals surface area (Å²) in [6.07, 6.45) is 5.89. The molecule has 0 spiro atoms. The van der Waals surface area contributed by atoms with Crippen molar-refractivity contribution in [3.8, 4) is 0 Å². The van der Waals surface area contributed by atoms with Crippen LogP contribution in [-0.2, 0) is 4.79 Å². The molecular formula is C10H18N2O. The van der Waals surface area contributed by atoms with E-state index in [2.05, 4.69) is 5.32 Å². The zero-order valence-corrected chi connectivity index (χ0v) is 8.23. The zero-order chi connectivity index (χ0) is 9.53. The van der Waals surface area contributed by atoms with Crippen LogP contribution in [0.2, 0.25) is 0 Å². The first kappa shape index (κ1) is 9.00. The van der Waals surface area contributed by atoms with E-state index in [-0.39, 0.29) is 17.0 Å². The summed E-state index contributed by atoms with van der Waals surface area (Å²) in [6, 6.07) is 0. The minimum Gasteiger partial charge on any atom is -0.351 e. The second-order valence-electron chi connectivity index (χ2n) is 4.72. The first-order valence-electron chi connectivity index (χ1n) is 5.17. The van der Waals surface area contributed by atoms with Crippen LogP contribution < -0.4 is 11.1 Å². The highest BCUT2D eigenvalue weighted by molar-refractivity contribution is 5.76. The third kappa shape index (κ3) is 1.46. The number of carbonyl (C=O) groups is 1. The molecule has 0 aromatic rings. The number of hydrogen-bond acceptors (Lipinski definition) is 2. The molecule has 3 N–H and O–H groups in total. The van der Waals surface area contributed by atoms with E-state index in [0.717, 1.165) is 32.1 Å². The number of nitrogens with two attached hydrogens (primary N) is 1. The number of rotatable bonds is 2. The van der Waals surface area contributed by atoms with Crippen LogP contribution in [0.4, 0.5) is 0 Å². The fourth-order valence-electron chi connectivity index (χ4n) is 2.81. The van der Waals surface area contributed by atoms with Gasteiger partial charge in [0.2, 0.25) is 5.91 Å². The zero-order valence-electron chi connectivity index (χ0n) is 8.23. The van der Waals surface area contributed by atoms with E-state index < -0.39 is 0 Å². The minimum absolute atomic E-state index is 0.0427. The minimum atomic E-state index is 0.0427. The number of amides is 1. The predicted molar refractivity (Wildman–Crippen MR) is 51.2 cm³/mol. The molecule has 2 bridgehead atoms. The molecule has 0 atom stereocenters. The quantitative estimate of drug-likeness (QED) is 0.667. The van der Waals surface area contributed by atoms with Crippen molar-refractivity contribution in [3.05, 3.63) is 0 Å². The predicted octanol–water partition coefficient (Wildman–Crippen LogP) is 0.927. The lowest BCUT2D eigenvalue weighted by atomic mass is 9.92. The summed E-state index contributed by atoms with van der Waals surface area (Å²) in [6.45, 7) is 1.89. The van der Waals surface area contributed by atoms with Gasteiger partial charge in [-0.1, -0.05) is 6.92 Å². The van der Waals surface area contributed by atoms with Crippen molar-refractivity contribution >= 4 is 5.91 Å². The molecule has 0 aliphatic heterocycles. The van der Waals surface area contributed by atoms with Crippen molar-refractivity contribution in [1.29, 1.82) is 0 Å². The highest BCUT2D eigenvalue weighted by Crippen LogP contribution is 2.48. The van der Waals surface area contributed by atoms with E-state index in [9.17, 15) is 4.79 Å². The van der Waals surface area contributed by atoms with Gasteiger partial charge in [0.1, 0.15) is 0 Å². The Morgan fingerprint density at radius 1 is 1.38 bits per heavy atom. The standard InChI is InChI=1S/C10H18N2O/c1-2-8(13)12-10-5-3-9(11,7-10)4-6-10/h2-7,11H2,1H3,(H,12,13). The molecular weight excluding hydrogens is 164 g/mol. The first-order valence-corrected chi connectivity index (χ1v) is 5.17. The van der Waals surface area contributed by atoms with Gasteiger partial charge in [-0.15, -0.1) is 0 Å². The first-order chi connectivity index (χ1) is 6.08. The Balaban J connectivity index is 2.03. The third-order valence-electron chi connectivity index (χ3n) is 3.62. The Hall–Kier alpha value is -0.570. The molecule has 0 radical (unpaired) electrons. The van der Waals surface area contributed by atoms with Crippen LogP contribution in [-0.4, -0.2) is 17.0 Å². The molecule has 2 aliphatic rings. The Labute approximate surface area is 79.1 Å². The summed E-state index contributed by atoms with van der Waals surface area (Å²) < 4.78 is 0. The topological polar surface area (TPSA) is 55.1 Å². The van der Waals surface area contributed by atoms with Gasteiger partial charge in [0.25, 0.3) is 0 Å². The lowest BCUT2D eigenvalue weighted by molar-refractivity contribution is -0.122. The Morgan fingerprint density at radius 3 is 2.38 bits per heavy atom. The van der Waals surface area contributed by atoms with Gasteiger partial charge in [0, 0.05) is 17.5 Å². The molecule has 0 saturated heterocycles. The lowest BCUT2D eigenvalue weighted by Crippen LogP contribution is -2.44. The van der Waals surface area contributed by atoms with E-state index >= 15 is 0 Å². The molecule has 2 aliphatic carbocycles. The normalized spacial score (nSPS) is 42.3. The van der Waals surface area contributed by atoms with Crippen molar-refractivity contribution in [2.45, 2.75) is 56.5 Å². The Bertz CT molecular complexity index is 229. The highest BCUT2D eigenvalue weighted by Gasteiger charge is 2.52. The van der Waals surface area contributed by atoms with Crippen molar-refractivity contribution in [1.82, 2.24) is 5.32 Å². The second kappa shape index (κ2) is 2.71. The largest absolute Gasteiger partial charge is 0.351 e. The number of hydrogen-bond donors (Lipinski definition) is 2. The average molecular weight is 182 g/mol. The second-order valence-corrected chi connectivity index (χ2v) is 4.72. The maximum Gasteiger partial charge on any atom is 0.220 e. The summed E-state index contributed by atoms with van der Waals surface area (Å²) in [5.41, 5.74) is 6.27. The number of nitrogens with one attached hydrogen (secondary N) is 1. The fourth-order valence-corrected chi connectivity index (χ4v) is 2.81. The molecule has 2 saturated carbocycles. The van der Waals surface area contributed by atoms with E-state index in [1.807, 2.05) is 6.92 Å². The molecule has 13 heavy (non-hydrogen) atoms. The molecule has 2 fully saturated rings. The van der Waals surface area contributed by atoms with Crippen molar-refractivity contribution < 1.29 is 4.79 Å². The summed E-state index contributed by atoms with van der Waals surface area (Å²) in [5, 5.41) is 3.14. The van der Waals surface area contributed by atoms with E-state index in [4.69, 9.17) is 5.73 Å². The molecule has 0 aromatic carbocycles. The van der Waals surface area contributed by atoms with Gasteiger partial charge in [-0.3, -0.25) is 4.79 Å². The van der Waals surface area contributed by atoms with E-state index in [1.165, 1.54) is 0 Å². The molecule has 0 aromatic heterocycles. The monoisotopic (exact) mass is 182 g/mol. The molecule has 1 amide bonds. The van der Waals surface area contributed by atoms with Crippen molar-refractivity contribution in [2.75, 3.05) is 0 Å². The number of fused-ring (bicyclic) bond motifs is 2. The van der Waals surface area contributed by atoms with Gasteiger partial charge in [-0.25, -0.2) is 0 Å². The molecule has 0 heterocycles. The van der Waals surface area contributed by atoms with Crippen molar-refractivity contribution in [3.63, 3.8) is 0 Å². The molecule has 74 valence electrons. The van der Waals surface area contributed by atoms with Crippen LogP contribution in [0.25, 0.3) is 0 Å². The maximum atomic E-state index is 11.3. The Morgan fingerprint density at radius 2 is 2.00 bits per heavy atom. The van der Waals surface area contributed by atoms with Crippen LogP contribution in [0.1, 0.15) is 45.4 Å². The molecule has 3 heteroatoms. The van der Waals surface area contributed by atoms with Gasteiger partial charge in [0.15, 0.2) is 0 Å². The summed E-state index contributed by atoms with van der Waals surface area (Å²) >= 11 is 0. The molecule has 0 unspecified atom stereocenters. The summed E-state index contributed by atoms with van der Waals surface area (Å²) in [5.74, 6) is 0.172. The fraction of sp³-hybridized carbons (Fsp3) is 0.900. The van der Waals surface area contributed by atoms with Crippen LogP contribution >= 0.6 is 0 Å². The summed E-state index contributed by atoms with van der Waals surface area (Å²) in [7, 11) is 0. The van der Waals surface area contributed by atoms with Gasteiger partial charge < -0.3 is 11.1 Å². The van der Waals surface area contributed by atoms with Gasteiger partial charge in [-0.2, -0.15) is 0 Å². The van der Waals surface area contributed by atoms with Crippen molar-refractivity contribution in [2.24, 2.45) is 5.73 Å². The Kier molecular flexibility index (Phi) is 1.88. The van der Waals surface area contributed by atoms with Crippen LogP contribution in [0.15, 0.2) is 0 Å². The summed E-state index contributed by atoms with van der Waals surface area (Å²) in [4.78, 5) is 11.3. The smallest absolute Gasteiger partial charge is 0.220 e. The molecule has 2 rings (SSSR count). The third-order valence-corrected chi connectivity index (χ3v) is 3.62. The van der Waals surface area contributed by atoms with Gasteiger partial charge >= 0.3 is 0 Å². The lowest BCUT2D eigenvalue weighted by Gasteiger charge is -2.27. The van der Waals surface area contributed by atoms with E-state index in [1.54, 1.807) is 0 Å². The van der Waals surface area contributed by atoms with E-state index in [0.29, 0.717) is 6.42 Å². The van der Waals surface area contributed by atoms with Crippen LogP contribution in [0.3, 0.4) is 0 Å². The van der Waals surface area contributed by atoms with Crippen LogP contribution in [0, 0.1) is 0 Å².